The third kappa shape index (κ3) is 4.27. The molecule has 1 saturated carbocycles. The van der Waals surface area contributed by atoms with Crippen LogP contribution in [0.2, 0.25) is 0 Å². The number of nitrogens with one attached hydrogen (secondary N) is 1. The minimum atomic E-state index is 0.412. The Morgan fingerprint density at radius 1 is 1.15 bits per heavy atom. The van der Waals surface area contributed by atoms with Gasteiger partial charge in [-0.05, 0) is 55.2 Å². The van der Waals surface area contributed by atoms with E-state index in [0.29, 0.717) is 12.6 Å². The summed E-state index contributed by atoms with van der Waals surface area (Å²) in [6, 6.07) is 19.1. The van der Waals surface area contributed by atoms with Crippen molar-refractivity contribution in [2.75, 3.05) is 24.7 Å². The van der Waals surface area contributed by atoms with E-state index >= 15 is 0 Å². The van der Waals surface area contributed by atoms with Gasteiger partial charge in [-0.2, -0.15) is 5.26 Å². The van der Waals surface area contributed by atoms with Gasteiger partial charge in [-0.15, -0.1) is 0 Å². The summed E-state index contributed by atoms with van der Waals surface area (Å²) >= 11 is 1.57. The average Bonchev–Trinajstić information content (AvgIpc) is 3.15. The van der Waals surface area contributed by atoms with Crippen LogP contribution in [0, 0.1) is 11.3 Å². The first-order valence-corrected chi connectivity index (χ1v) is 12.2. The van der Waals surface area contributed by atoms with Crippen molar-refractivity contribution >= 4 is 28.4 Å². The van der Waals surface area contributed by atoms with Gasteiger partial charge in [-0.1, -0.05) is 23.9 Å². The fourth-order valence-electron chi connectivity index (χ4n) is 4.25. The average molecular weight is 456 g/mol. The van der Waals surface area contributed by atoms with Crippen LogP contribution in [0.25, 0.3) is 22.2 Å². The second-order valence-electron chi connectivity index (χ2n) is 8.02. The molecule has 4 aromatic rings. The lowest BCUT2D eigenvalue weighted by Gasteiger charge is -2.30. The van der Waals surface area contributed by atoms with Crippen LogP contribution in [0.3, 0.4) is 0 Å². The molecule has 0 spiro atoms. The molecule has 166 valence electrons. The Morgan fingerprint density at radius 3 is 2.61 bits per heavy atom. The molecule has 1 N–H and O–H groups in total. The highest BCUT2D eigenvalue weighted by atomic mass is 32.2. The maximum absolute atomic E-state index is 10.1. The topological polar surface area (TPSA) is 75.8 Å². The number of nitriles is 1. The Bertz CT molecular complexity index is 1290. The molecular weight excluding hydrogens is 430 g/mol. The summed E-state index contributed by atoms with van der Waals surface area (Å²) in [5.41, 5.74) is 4.93. The van der Waals surface area contributed by atoms with Gasteiger partial charge in [-0.3, -0.25) is 0 Å². The Morgan fingerprint density at radius 2 is 1.94 bits per heavy atom. The van der Waals surface area contributed by atoms with E-state index in [1.807, 2.05) is 25.2 Å². The van der Waals surface area contributed by atoms with Gasteiger partial charge in [0.05, 0.1) is 23.4 Å². The molecule has 0 bridgehead atoms. The molecule has 0 atom stereocenters. The fourth-order valence-corrected chi connectivity index (χ4v) is 4.87. The van der Waals surface area contributed by atoms with Crippen molar-refractivity contribution in [1.82, 2.24) is 14.5 Å². The Kier molecular flexibility index (Phi) is 6.18. The monoisotopic (exact) mass is 455 g/mol. The minimum Gasteiger partial charge on any atom is -0.493 e. The van der Waals surface area contributed by atoms with E-state index in [9.17, 15) is 5.26 Å². The van der Waals surface area contributed by atoms with Crippen molar-refractivity contribution in [2.45, 2.75) is 30.5 Å². The molecule has 7 heteroatoms. The van der Waals surface area contributed by atoms with Crippen molar-refractivity contribution in [3.8, 4) is 23.1 Å². The van der Waals surface area contributed by atoms with Crippen molar-refractivity contribution in [3.05, 3.63) is 66.5 Å². The largest absolute Gasteiger partial charge is 0.493 e. The van der Waals surface area contributed by atoms with Gasteiger partial charge in [0.1, 0.15) is 11.8 Å². The number of thioether (sulfide) groups is 1. The summed E-state index contributed by atoms with van der Waals surface area (Å²) in [5, 5.41) is 15.0. The van der Waals surface area contributed by atoms with E-state index in [1.165, 1.54) is 6.42 Å². The number of rotatable bonds is 8. The predicted octanol–water partition coefficient (Wildman–Crippen LogP) is 5.91. The maximum Gasteiger partial charge on any atom is 0.187 e. The Labute approximate surface area is 197 Å². The first-order valence-electron chi connectivity index (χ1n) is 11.2. The molecule has 6 nitrogen and oxygen atoms in total. The highest BCUT2D eigenvalue weighted by Crippen LogP contribution is 2.43. The number of ether oxygens (including phenoxy) is 1. The summed E-state index contributed by atoms with van der Waals surface area (Å²) in [5.74, 6) is 1.58. The lowest BCUT2D eigenvalue weighted by Crippen LogP contribution is -2.17. The van der Waals surface area contributed by atoms with E-state index in [4.69, 9.17) is 4.74 Å². The first-order chi connectivity index (χ1) is 16.3. The van der Waals surface area contributed by atoms with Crippen LogP contribution in [0.15, 0.2) is 66.1 Å². The Balaban J connectivity index is 1.46. The Hall–Kier alpha value is -3.50. The molecule has 1 aliphatic rings. The fraction of sp³-hybridized carbons (Fsp3) is 0.269. The third-order valence-corrected chi connectivity index (χ3v) is 6.94. The number of fused-ring (bicyclic) bond motifs is 1. The number of hydrogen-bond acceptors (Lipinski definition) is 6. The van der Waals surface area contributed by atoms with Gasteiger partial charge in [0, 0.05) is 48.4 Å². The number of aromatic nitrogens is 3. The summed E-state index contributed by atoms with van der Waals surface area (Å²) in [6.45, 7) is 0.558. The first kappa shape index (κ1) is 21.4. The van der Waals surface area contributed by atoms with Crippen molar-refractivity contribution in [1.29, 1.82) is 5.26 Å². The molecule has 0 amide bonds. The molecule has 5 rings (SSSR count). The molecule has 33 heavy (non-hydrogen) atoms. The zero-order valence-corrected chi connectivity index (χ0v) is 19.3. The van der Waals surface area contributed by atoms with Gasteiger partial charge in [0.25, 0.3) is 0 Å². The highest BCUT2D eigenvalue weighted by Gasteiger charge is 2.28. The maximum atomic E-state index is 10.1. The summed E-state index contributed by atoms with van der Waals surface area (Å²) in [4.78, 5) is 8.46. The van der Waals surface area contributed by atoms with Gasteiger partial charge in [-0.25, -0.2) is 9.97 Å². The van der Waals surface area contributed by atoms with Crippen molar-refractivity contribution in [2.24, 2.45) is 0 Å². The molecule has 0 unspecified atom stereocenters. The number of benzene rings is 2. The third-order valence-electron chi connectivity index (χ3n) is 6.10. The van der Waals surface area contributed by atoms with Crippen LogP contribution in [-0.4, -0.2) is 33.9 Å². The molecule has 2 aromatic heterocycles. The van der Waals surface area contributed by atoms with Crippen LogP contribution in [0.4, 0.5) is 5.69 Å². The van der Waals surface area contributed by atoms with E-state index in [2.05, 4.69) is 56.3 Å². The van der Waals surface area contributed by atoms with E-state index < -0.39 is 0 Å². The van der Waals surface area contributed by atoms with Gasteiger partial charge in [0.2, 0.25) is 0 Å². The summed E-state index contributed by atoms with van der Waals surface area (Å²) in [6.07, 6.45) is 6.98. The standard InChI is InChI=1S/C26H25N5OS/c1-28-19-8-6-18(7-9-19)25-23(17-27)22-11-10-21(16-24(22)31(25)20-4-2-5-20)32-14-15-33-26-29-12-3-13-30-26/h3,6-13,16,20,28H,2,4-5,14-15H2,1H3. The van der Waals surface area contributed by atoms with Gasteiger partial charge < -0.3 is 14.6 Å². The van der Waals surface area contributed by atoms with Crippen molar-refractivity contribution < 1.29 is 4.74 Å². The quantitative estimate of drug-likeness (QED) is 0.202. The van der Waals surface area contributed by atoms with Crippen LogP contribution >= 0.6 is 11.8 Å². The van der Waals surface area contributed by atoms with E-state index in [-0.39, 0.29) is 0 Å². The van der Waals surface area contributed by atoms with Crippen LogP contribution < -0.4 is 10.1 Å². The van der Waals surface area contributed by atoms with E-state index in [1.54, 1.807) is 24.2 Å². The van der Waals surface area contributed by atoms with Crippen LogP contribution in [0.5, 0.6) is 5.75 Å². The minimum absolute atomic E-state index is 0.412. The van der Waals surface area contributed by atoms with E-state index in [0.717, 1.165) is 62.9 Å². The second kappa shape index (κ2) is 9.55. The van der Waals surface area contributed by atoms with Crippen LogP contribution in [-0.2, 0) is 0 Å². The highest BCUT2D eigenvalue weighted by molar-refractivity contribution is 7.99. The zero-order valence-electron chi connectivity index (χ0n) is 18.5. The molecule has 2 aromatic carbocycles. The molecule has 1 aliphatic carbocycles. The smallest absolute Gasteiger partial charge is 0.187 e. The molecule has 0 saturated heterocycles. The van der Waals surface area contributed by atoms with Crippen molar-refractivity contribution in [3.63, 3.8) is 0 Å². The number of nitrogens with zero attached hydrogens (tertiary/aromatic N) is 4. The predicted molar refractivity (Wildman–Crippen MR) is 133 cm³/mol. The summed E-state index contributed by atoms with van der Waals surface area (Å²) in [7, 11) is 1.91. The number of anilines is 1. The molecule has 0 aliphatic heterocycles. The molecule has 0 radical (unpaired) electrons. The lowest BCUT2D eigenvalue weighted by atomic mass is 9.92. The van der Waals surface area contributed by atoms with Gasteiger partial charge >= 0.3 is 0 Å². The normalized spacial score (nSPS) is 13.5. The zero-order chi connectivity index (χ0) is 22.6. The van der Waals surface area contributed by atoms with Gasteiger partial charge in [0.15, 0.2) is 5.16 Å². The molecular formula is C26H25N5OS. The summed E-state index contributed by atoms with van der Waals surface area (Å²) < 4.78 is 8.43. The van der Waals surface area contributed by atoms with Crippen LogP contribution in [0.1, 0.15) is 30.9 Å². The number of hydrogen-bond donors (Lipinski definition) is 1. The molecule has 2 heterocycles. The lowest BCUT2D eigenvalue weighted by molar-refractivity contribution is 0.323. The SMILES string of the molecule is CNc1ccc(-c2c(C#N)c3ccc(OCCSc4ncccn4)cc3n2C2CCC2)cc1. The second-order valence-corrected chi connectivity index (χ2v) is 9.09. The molecule has 1 fully saturated rings.